The van der Waals surface area contributed by atoms with E-state index in [-0.39, 0.29) is 24.0 Å². The molecule has 0 radical (unpaired) electrons. The highest BCUT2D eigenvalue weighted by Crippen LogP contribution is 2.55. The highest BCUT2D eigenvalue weighted by Gasteiger charge is 2.57. The summed E-state index contributed by atoms with van der Waals surface area (Å²) in [5.41, 5.74) is 1.06. The van der Waals surface area contributed by atoms with Gasteiger partial charge in [0, 0.05) is 38.9 Å². The van der Waals surface area contributed by atoms with E-state index in [1.165, 1.54) is 12.8 Å². The quantitative estimate of drug-likeness (QED) is 0.912. The lowest BCUT2D eigenvalue weighted by atomic mass is 9.99. The number of anilines is 1. The van der Waals surface area contributed by atoms with Gasteiger partial charge in [0.05, 0.1) is 11.4 Å². The zero-order chi connectivity index (χ0) is 16.0. The Hall–Kier alpha value is -2.15. The van der Waals surface area contributed by atoms with Gasteiger partial charge in [-0.25, -0.2) is 9.97 Å². The fourth-order valence-electron chi connectivity index (χ4n) is 3.83. The Bertz CT molecular complexity index is 739. The van der Waals surface area contributed by atoms with Crippen LogP contribution < -0.4 is 4.90 Å². The van der Waals surface area contributed by atoms with Crippen LogP contribution in [0.2, 0.25) is 0 Å². The summed E-state index contributed by atoms with van der Waals surface area (Å²) in [5.74, 6) is 0.998. The molecular weight excluding hydrogens is 294 g/mol. The van der Waals surface area contributed by atoms with Gasteiger partial charge >= 0.3 is 0 Å². The van der Waals surface area contributed by atoms with Crippen molar-refractivity contribution in [3.63, 3.8) is 0 Å². The first-order valence-corrected chi connectivity index (χ1v) is 7.92. The Balaban J connectivity index is 1.62. The highest BCUT2D eigenvalue weighted by atomic mass is 16.5. The van der Waals surface area contributed by atoms with Crippen LogP contribution in [0.5, 0.6) is 0 Å². The van der Waals surface area contributed by atoms with Crippen molar-refractivity contribution in [1.82, 2.24) is 19.9 Å². The minimum Gasteiger partial charge on any atom is -0.375 e. The molecular formula is C16H21N5O2. The van der Waals surface area contributed by atoms with Crippen LogP contribution in [-0.4, -0.2) is 65.7 Å². The number of likely N-dealkylation sites (tertiary alicyclic amines) is 1. The molecule has 1 atom stereocenters. The third-order valence-electron chi connectivity index (χ3n) is 5.25. The van der Waals surface area contributed by atoms with Crippen LogP contribution in [0.4, 0.5) is 5.82 Å². The molecule has 23 heavy (non-hydrogen) atoms. The average molecular weight is 315 g/mol. The number of hydrogen-bond acceptors (Lipinski definition) is 5. The van der Waals surface area contributed by atoms with E-state index in [9.17, 15) is 4.79 Å². The molecule has 4 rings (SSSR count). The van der Waals surface area contributed by atoms with Gasteiger partial charge < -0.3 is 19.5 Å². The second-order valence-electron chi connectivity index (χ2n) is 6.63. The molecule has 0 bridgehead atoms. The van der Waals surface area contributed by atoms with Gasteiger partial charge in [-0.3, -0.25) is 4.79 Å². The molecule has 1 unspecified atom stereocenters. The highest BCUT2D eigenvalue weighted by molar-refractivity contribution is 5.87. The van der Waals surface area contributed by atoms with Gasteiger partial charge in [0.25, 0.3) is 0 Å². The fourth-order valence-corrected chi connectivity index (χ4v) is 3.83. The van der Waals surface area contributed by atoms with Crippen molar-refractivity contribution in [3.05, 3.63) is 18.6 Å². The molecule has 2 aromatic rings. The smallest absolute Gasteiger partial charge is 0.248 e. The first-order valence-electron chi connectivity index (χ1n) is 7.92. The second-order valence-corrected chi connectivity index (χ2v) is 6.63. The first kappa shape index (κ1) is 14.4. The number of nitrogens with zero attached hydrogens (tertiary/aromatic N) is 4. The predicted octanol–water partition coefficient (Wildman–Crippen LogP) is 1.03. The molecule has 0 aromatic carbocycles. The maximum Gasteiger partial charge on any atom is 0.248 e. The maximum absolute atomic E-state index is 12.2. The molecule has 2 aromatic heterocycles. The number of aromatic amines is 1. The van der Waals surface area contributed by atoms with Gasteiger partial charge in [-0.05, 0) is 18.9 Å². The van der Waals surface area contributed by atoms with Crippen molar-refractivity contribution >= 4 is 22.8 Å². The molecule has 1 amide bonds. The van der Waals surface area contributed by atoms with Gasteiger partial charge in [0.2, 0.25) is 5.91 Å². The van der Waals surface area contributed by atoms with Crippen LogP contribution in [0, 0.1) is 5.41 Å². The summed E-state index contributed by atoms with van der Waals surface area (Å²) in [7, 11) is 3.64. The number of methoxy groups -OCH3 is 1. The lowest BCUT2D eigenvalue weighted by molar-refractivity contribution is -0.134. The Kier molecular flexibility index (Phi) is 3.26. The molecule has 7 nitrogen and oxygen atoms in total. The van der Waals surface area contributed by atoms with Gasteiger partial charge in [-0.2, -0.15) is 0 Å². The Labute approximate surface area is 134 Å². The molecule has 1 saturated carbocycles. The van der Waals surface area contributed by atoms with Crippen molar-refractivity contribution in [2.75, 3.05) is 38.8 Å². The third-order valence-corrected chi connectivity index (χ3v) is 5.25. The van der Waals surface area contributed by atoms with Crippen molar-refractivity contribution in [1.29, 1.82) is 0 Å². The van der Waals surface area contributed by atoms with Crippen molar-refractivity contribution < 1.29 is 9.53 Å². The number of fused-ring (bicyclic) bond motifs is 1. The fraction of sp³-hybridized carbons (Fsp3) is 0.562. The monoisotopic (exact) mass is 315 g/mol. The van der Waals surface area contributed by atoms with Crippen molar-refractivity contribution in [3.8, 4) is 0 Å². The molecule has 1 N–H and O–H groups in total. The summed E-state index contributed by atoms with van der Waals surface area (Å²) in [6, 6.07) is 2.29. The summed E-state index contributed by atoms with van der Waals surface area (Å²) in [5, 5.41) is 1.02. The zero-order valence-electron chi connectivity index (χ0n) is 13.5. The van der Waals surface area contributed by atoms with E-state index < -0.39 is 0 Å². The lowest BCUT2D eigenvalue weighted by Crippen LogP contribution is -2.40. The number of ether oxygens (including phenoxy) is 1. The lowest BCUT2D eigenvalue weighted by Gasteiger charge is -2.30. The number of likely N-dealkylation sites (N-methyl/N-ethyl adjacent to an activating group) is 1. The van der Waals surface area contributed by atoms with Gasteiger partial charge in [0.15, 0.2) is 0 Å². The molecule has 1 aliphatic carbocycles. The summed E-state index contributed by atoms with van der Waals surface area (Å²) in [6.07, 6.45) is 5.81. The molecule has 2 fully saturated rings. The number of nitrogens with one attached hydrogen (secondary N) is 1. The van der Waals surface area contributed by atoms with Crippen LogP contribution in [0.15, 0.2) is 18.6 Å². The number of carbonyl (C=O) groups is 1. The SMILES string of the molecule is COCC(=O)N1CC(N(C)c2ncnc3[nH]ccc23)C2(CC2)C1. The Morgan fingerprint density at radius 2 is 2.35 bits per heavy atom. The molecule has 122 valence electrons. The van der Waals surface area contributed by atoms with E-state index in [0.717, 1.165) is 29.9 Å². The largest absolute Gasteiger partial charge is 0.375 e. The van der Waals surface area contributed by atoms with Crippen LogP contribution in [-0.2, 0) is 9.53 Å². The minimum atomic E-state index is 0.0733. The summed E-state index contributed by atoms with van der Waals surface area (Å²) >= 11 is 0. The standard InChI is InChI=1S/C16H21N5O2/c1-20(15-11-3-6-17-14(11)18-10-19-15)12-7-21(13(22)8-23-2)9-16(12)4-5-16/h3,6,10,12H,4-5,7-9H2,1-2H3,(H,17,18,19). The second kappa shape index (κ2) is 5.19. The molecule has 1 aliphatic heterocycles. The number of amides is 1. The molecule has 2 aliphatic rings. The van der Waals surface area contributed by atoms with E-state index in [0.29, 0.717) is 0 Å². The van der Waals surface area contributed by atoms with E-state index in [1.807, 2.05) is 17.2 Å². The zero-order valence-corrected chi connectivity index (χ0v) is 13.5. The number of aromatic nitrogens is 3. The molecule has 7 heteroatoms. The van der Waals surface area contributed by atoms with Gasteiger partial charge in [0.1, 0.15) is 24.4 Å². The van der Waals surface area contributed by atoms with Crippen LogP contribution in [0.1, 0.15) is 12.8 Å². The van der Waals surface area contributed by atoms with Crippen LogP contribution >= 0.6 is 0 Å². The molecule has 3 heterocycles. The number of hydrogen-bond donors (Lipinski definition) is 1. The van der Waals surface area contributed by atoms with Crippen molar-refractivity contribution in [2.24, 2.45) is 5.41 Å². The van der Waals surface area contributed by atoms with Crippen LogP contribution in [0.25, 0.3) is 11.0 Å². The summed E-state index contributed by atoms with van der Waals surface area (Å²) in [4.78, 5) is 28.2. The molecule has 1 spiro atoms. The Morgan fingerprint density at radius 1 is 1.52 bits per heavy atom. The van der Waals surface area contributed by atoms with Gasteiger partial charge in [-0.15, -0.1) is 0 Å². The van der Waals surface area contributed by atoms with E-state index in [2.05, 4.69) is 26.9 Å². The normalized spacial score (nSPS) is 22.0. The maximum atomic E-state index is 12.2. The Morgan fingerprint density at radius 3 is 3.09 bits per heavy atom. The average Bonchev–Trinajstić information content (AvgIpc) is 2.99. The minimum absolute atomic E-state index is 0.0733. The number of H-pyrrole nitrogens is 1. The van der Waals surface area contributed by atoms with Crippen LogP contribution in [0.3, 0.4) is 0 Å². The first-order chi connectivity index (χ1) is 11.1. The number of rotatable bonds is 4. The van der Waals surface area contributed by atoms with Gasteiger partial charge in [-0.1, -0.05) is 0 Å². The summed E-state index contributed by atoms with van der Waals surface area (Å²) in [6.45, 7) is 1.71. The molecule has 1 saturated heterocycles. The predicted molar refractivity (Wildman–Crippen MR) is 86.2 cm³/mol. The van der Waals surface area contributed by atoms with Crippen molar-refractivity contribution in [2.45, 2.75) is 18.9 Å². The number of carbonyl (C=O) groups excluding carboxylic acids is 1. The van der Waals surface area contributed by atoms with E-state index >= 15 is 0 Å². The third kappa shape index (κ3) is 2.26. The summed E-state index contributed by atoms with van der Waals surface area (Å²) < 4.78 is 5.00. The van der Waals surface area contributed by atoms with E-state index in [4.69, 9.17) is 4.74 Å². The van der Waals surface area contributed by atoms with E-state index in [1.54, 1.807) is 13.4 Å². The topological polar surface area (TPSA) is 74.3 Å².